The van der Waals surface area contributed by atoms with E-state index in [1.54, 1.807) is 31.4 Å². The normalized spacial score (nSPS) is 15.0. The zero-order valence-electron chi connectivity index (χ0n) is 13.6. The molecular weight excluding hydrogens is 294 g/mol. The van der Waals surface area contributed by atoms with E-state index in [4.69, 9.17) is 4.74 Å². The van der Waals surface area contributed by atoms with Crippen molar-refractivity contribution in [2.75, 3.05) is 25.5 Å². The topological polar surface area (TPSA) is 79.5 Å². The fraction of sp³-hybridized carbons (Fsp3) is 0.529. The third kappa shape index (κ3) is 6.28. The van der Waals surface area contributed by atoms with Crippen LogP contribution in [0.5, 0.6) is 5.75 Å². The maximum atomic E-state index is 11.8. The molecule has 126 valence electrons. The summed E-state index contributed by atoms with van der Waals surface area (Å²) in [4.78, 5) is 23.6. The number of rotatable bonds is 7. The summed E-state index contributed by atoms with van der Waals surface area (Å²) in [5.41, 5.74) is 0.672. The number of carbonyl (C=O) groups is 2. The monoisotopic (exact) mass is 319 g/mol. The Hall–Kier alpha value is -2.08. The zero-order valence-corrected chi connectivity index (χ0v) is 13.6. The van der Waals surface area contributed by atoms with Gasteiger partial charge in [0.2, 0.25) is 11.8 Å². The van der Waals surface area contributed by atoms with Gasteiger partial charge in [-0.3, -0.25) is 9.59 Å². The van der Waals surface area contributed by atoms with Crippen LogP contribution in [0.3, 0.4) is 0 Å². The summed E-state index contributed by atoms with van der Waals surface area (Å²) in [7, 11) is 1.59. The van der Waals surface area contributed by atoms with Crippen molar-refractivity contribution in [2.45, 2.75) is 38.1 Å². The van der Waals surface area contributed by atoms with Crippen molar-refractivity contribution >= 4 is 17.5 Å². The van der Waals surface area contributed by atoms with Crippen molar-refractivity contribution < 1.29 is 14.3 Å². The molecule has 1 aromatic rings. The van der Waals surface area contributed by atoms with E-state index in [1.807, 2.05) is 0 Å². The Balaban J connectivity index is 1.63. The maximum Gasteiger partial charge on any atom is 0.243 e. The Morgan fingerprint density at radius 1 is 1.04 bits per heavy atom. The smallest absolute Gasteiger partial charge is 0.243 e. The molecule has 0 saturated heterocycles. The van der Waals surface area contributed by atoms with Crippen LogP contribution in [0.25, 0.3) is 0 Å². The van der Waals surface area contributed by atoms with Crippen LogP contribution in [0.15, 0.2) is 24.3 Å². The molecule has 0 aromatic heterocycles. The number of ether oxygens (including phenoxy) is 1. The highest BCUT2D eigenvalue weighted by atomic mass is 16.5. The van der Waals surface area contributed by atoms with Gasteiger partial charge in [0.25, 0.3) is 0 Å². The fourth-order valence-corrected chi connectivity index (χ4v) is 2.66. The molecule has 0 bridgehead atoms. The van der Waals surface area contributed by atoms with E-state index >= 15 is 0 Å². The number of nitrogens with one attached hydrogen (secondary N) is 3. The molecule has 0 unspecified atom stereocenters. The van der Waals surface area contributed by atoms with Gasteiger partial charge in [-0.2, -0.15) is 0 Å². The lowest BCUT2D eigenvalue weighted by Gasteiger charge is -2.22. The van der Waals surface area contributed by atoms with Crippen LogP contribution < -0.4 is 20.7 Å². The van der Waals surface area contributed by atoms with E-state index in [-0.39, 0.29) is 24.9 Å². The molecule has 0 aliphatic heterocycles. The SMILES string of the molecule is COc1ccc(NC(=O)CNC(=O)CNC2CCCCC2)cc1. The number of benzene rings is 1. The van der Waals surface area contributed by atoms with Crippen LogP contribution in [0.2, 0.25) is 0 Å². The van der Waals surface area contributed by atoms with Gasteiger partial charge in [-0.1, -0.05) is 19.3 Å². The first-order chi connectivity index (χ1) is 11.2. The second-order valence-corrected chi connectivity index (χ2v) is 5.77. The Morgan fingerprint density at radius 3 is 2.39 bits per heavy atom. The largest absolute Gasteiger partial charge is 0.497 e. The number of methoxy groups -OCH3 is 1. The molecule has 0 atom stereocenters. The zero-order chi connectivity index (χ0) is 16.5. The minimum atomic E-state index is -0.249. The molecule has 3 N–H and O–H groups in total. The fourth-order valence-electron chi connectivity index (χ4n) is 2.66. The minimum Gasteiger partial charge on any atom is -0.497 e. The van der Waals surface area contributed by atoms with Crippen molar-refractivity contribution in [3.8, 4) is 5.75 Å². The van der Waals surface area contributed by atoms with E-state index in [0.717, 1.165) is 18.6 Å². The highest BCUT2D eigenvalue weighted by Crippen LogP contribution is 2.17. The number of hydrogen-bond donors (Lipinski definition) is 3. The van der Waals surface area contributed by atoms with Gasteiger partial charge in [0.1, 0.15) is 5.75 Å². The molecule has 0 radical (unpaired) electrons. The molecule has 6 nitrogen and oxygen atoms in total. The molecule has 1 saturated carbocycles. The van der Waals surface area contributed by atoms with Gasteiger partial charge >= 0.3 is 0 Å². The Kier molecular flexibility index (Phi) is 6.87. The summed E-state index contributed by atoms with van der Waals surface area (Å²) in [5.74, 6) is 0.326. The van der Waals surface area contributed by atoms with Gasteiger partial charge < -0.3 is 20.7 Å². The summed E-state index contributed by atoms with van der Waals surface area (Å²) in [6.07, 6.45) is 6.00. The maximum absolute atomic E-state index is 11.8. The van der Waals surface area contributed by atoms with Gasteiger partial charge in [-0.25, -0.2) is 0 Å². The van der Waals surface area contributed by atoms with Gasteiger partial charge in [0, 0.05) is 11.7 Å². The van der Waals surface area contributed by atoms with E-state index in [1.165, 1.54) is 19.3 Å². The molecule has 6 heteroatoms. The predicted molar refractivity (Wildman–Crippen MR) is 89.5 cm³/mol. The average Bonchev–Trinajstić information content (AvgIpc) is 2.60. The van der Waals surface area contributed by atoms with E-state index in [2.05, 4.69) is 16.0 Å². The molecule has 1 aliphatic rings. The van der Waals surface area contributed by atoms with Crippen LogP contribution in [0.1, 0.15) is 32.1 Å². The summed E-state index contributed by atoms with van der Waals surface area (Å²) >= 11 is 0. The Labute approximate surface area is 137 Å². The average molecular weight is 319 g/mol. The lowest BCUT2D eigenvalue weighted by molar-refractivity contribution is -0.123. The van der Waals surface area contributed by atoms with Gasteiger partial charge in [0.15, 0.2) is 0 Å². The van der Waals surface area contributed by atoms with Crippen molar-refractivity contribution in [3.05, 3.63) is 24.3 Å². The molecule has 2 rings (SSSR count). The third-order valence-electron chi connectivity index (χ3n) is 3.98. The lowest BCUT2D eigenvalue weighted by Crippen LogP contribution is -2.42. The molecule has 0 spiro atoms. The summed E-state index contributed by atoms with van der Waals surface area (Å²) in [5, 5.41) is 8.60. The van der Waals surface area contributed by atoms with Crippen LogP contribution in [0, 0.1) is 0 Å². The van der Waals surface area contributed by atoms with Gasteiger partial charge in [0.05, 0.1) is 20.2 Å². The van der Waals surface area contributed by atoms with Crippen LogP contribution in [0.4, 0.5) is 5.69 Å². The molecule has 1 aromatic carbocycles. The molecule has 1 fully saturated rings. The van der Waals surface area contributed by atoms with Crippen molar-refractivity contribution in [2.24, 2.45) is 0 Å². The molecule has 1 aliphatic carbocycles. The minimum absolute atomic E-state index is 0.0305. The first-order valence-electron chi connectivity index (χ1n) is 8.11. The van der Waals surface area contributed by atoms with Crippen molar-refractivity contribution in [1.29, 1.82) is 0 Å². The standard InChI is InChI=1S/C17H25N3O3/c1-23-15-9-7-14(8-10-15)20-17(22)12-19-16(21)11-18-13-5-3-2-4-6-13/h7-10,13,18H,2-6,11-12H2,1H3,(H,19,21)(H,20,22). The lowest BCUT2D eigenvalue weighted by atomic mass is 9.95. The molecule has 23 heavy (non-hydrogen) atoms. The van der Waals surface area contributed by atoms with Crippen molar-refractivity contribution in [3.63, 3.8) is 0 Å². The first-order valence-corrected chi connectivity index (χ1v) is 8.11. The van der Waals surface area contributed by atoms with Crippen molar-refractivity contribution in [1.82, 2.24) is 10.6 Å². The highest BCUT2D eigenvalue weighted by molar-refractivity contribution is 5.94. The van der Waals surface area contributed by atoms with Crippen LogP contribution in [-0.4, -0.2) is 38.1 Å². The van der Waals surface area contributed by atoms with Gasteiger partial charge in [-0.15, -0.1) is 0 Å². The second-order valence-electron chi connectivity index (χ2n) is 5.77. The second kappa shape index (κ2) is 9.15. The van der Waals surface area contributed by atoms with E-state index in [0.29, 0.717) is 11.7 Å². The third-order valence-corrected chi connectivity index (χ3v) is 3.98. The summed E-state index contributed by atoms with van der Waals surface area (Å²) < 4.78 is 5.05. The quantitative estimate of drug-likeness (QED) is 0.714. The van der Waals surface area contributed by atoms with Crippen LogP contribution >= 0.6 is 0 Å². The number of anilines is 1. The van der Waals surface area contributed by atoms with E-state index in [9.17, 15) is 9.59 Å². The number of amides is 2. The molecule has 2 amide bonds. The first kappa shape index (κ1) is 17.3. The molecular formula is C17H25N3O3. The Bertz CT molecular complexity index is 510. The van der Waals surface area contributed by atoms with Gasteiger partial charge in [-0.05, 0) is 37.1 Å². The molecule has 0 heterocycles. The summed E-state index contributed by atoms with van der Waals surface area (Å²) in [6, 6.07) is 7.47. The number of hydrogen-bond acceptors (Lipinski definition) is 4. The Morgan fingerprint density at radius 2 is 1.74 bits per heavy atom. The van der Waals surface area contributed by atoms with E-state index < -0.39 is 0 Å². The van der Waals surface area contributed by atoms with Crippen LogP contribution in [-0.2, 0) is 9.59 Å². The summed E-state index contributed by atoms with van der Waals surface area (Å²) in [6.45, 7) is 0.234. The number of carbonyl (C=O) groups excluding carboxylic acids is 2. The predicted octanol–water partition coefficient (Wildman–Crippen LogP) is 1.67. The highest BCUT2D eigenvalue weighted by Gasteiger charge is 2.14.